The SMILES string of the molecule is COc1cccc(N2C(=O)[C@H]3CC=C(Cl)C[C@@H]3C2=O)c1. The molecule has 1 saturated heterocycles. The number of imide groups is 1. The van der Waals surface area contributed by atoms with E-state index in [2.05, 4.69) is 0 Å². The number of anilines is 1. The number of benzene rings is 1. The third-order valence-electron chi connectivity index (χ3n) is 3.88. The molecule has 1 aromatic carbocycles. The lowest BCUT2D eigenvalue weighted by Crippen LogP contribution is -2.30. The van der Waals surface area contributed by atoms with Gasteiger partial charge in [0.1, 0.15) is 5.75 Å². The Morgan fingerprint density at radius 2 is 2.00 bits per heavy atom. The van der Waals surface area contributed by atoms with Crippen LogP contribution in [0.15, 0.2) is 35.4 Å². The van der Waals surface area contributed by atoms with Crippen LogP contribution in [0.5, 0.6) is 5.75 Å². The number of amides is 2. The van der Waals surface area contributed by atoms with Gasteiger partial charge in [-0.1, -0.05) is 23.7 Å². The van der Waals surface area contributed by atoms with Gasteiger partial charge in [0, 0.05) is 11.1 Å². The standard InChI is InChI=1S/C15H14ClNO3/c1-20-11-4-2-3-10(8-11)17-14(18)12-6-5-9(16)7-13(12)15(17)19/h2-5,8,12-13H,6-7H2,1H3/t12-,13-/m0/s1. The second-order valence-electron chi connectivity index (χ2n) is 5.02. The van der Waals surface area contributed by atoms with Crippen molar-refractivity contribution in [1.82, 2.24) is 0 Å². The highest BCUT2D eigenvalue weighted by atomic mass is 35.5. The molecule has 1 aromatic rings. The first-order valence-corrected chi connectivity index (χ1v) is 6.86. The summed E-state index contributed by atoms with van der Waals surface area (Å²) in [6.07, 6.45) is 2.83. The summed E-state index contributed by atoms with van der Waals surface area (Å²) in [6.45, 7) is 0. The number of allylic oxidation sites excluding steroid dienone is 2. The maximum Gasteiger partial charge on any atom is 0.238 e. The lowest BCUT2D eigenvalue weighted by Gasteiger charge is -2.17. The van der Waals surface area contributed by atoms with Gasteiger partial charge >= 0.3 is 0 Å². The third kappa shape index (κ3) is 2.00. The van der Waals surface area contributed by atoms with Crippen LogP contribution in [0.25, 0.3) is 0 Å². The summed E-state index contributed by atoms with van der Waals surface area (Å²) >= 11 is 6.00. The number of halogens is 1. The molecule has 104 valence electrons. The van der Waals surface area contributed by atoms with Gasteiger partial charge < -0.3 is 4.74 Å². The summed E-state index contributed by atoms with van der Waals surface area (Å²) in [6, 6.07) is 6.98. The van der Waals surface area contributed by atoms with Crippen molar-refractivity contribution >= 4 is 29.1 Å². The molecule has 0 unspecified atom stereocenters. The lowest BCUT2D eigenvalue weighted by atomic mass is 9.85. The number of fused-ring (bicyclic) bond motifs is 1. The van der Waals surface area contributed by atoms with Crippen molar-refractivity contribution in [3.05, 3.63) is 35.4 Å². The molecule has 0 saturated carbocycles. The van der Waals surface area contributed by atoms with Crippen molar-refractivity contribution in [2.45, 2.75) is 12.8 Å². The Morgan fingerprint density at radius 1 is 1.25 bits per heavy atom. The number of rotatable bonds is 2. The van der Waals surface area contributed by atoms with E-state index in [0.717, 1.165) is 0 Å². The van der Waals surface area contributed by atoms with Crippen LogP contribution in [0.1, 0.15) is 12.8 Å². The second-order valence-corrected chi connectivity index (χ2v) is 5.50. The Hall–Kier alpha value is -1.81. The fourth-order valence-corrected chi connectivity index (χ4v) is 3.09. The number of hydrogen-bond donors (Lipinski definition) is 0. The average molecular weight is 292 g/mol. The predicted octanol–water partition coefficient (Wildman–Crippen LogP) is 2.72. The van der Waals surface area contributed by atoms with Crippen LogP contribution in [0.2, 0.25) is 0 Å². The van der Waals surface area contributed by atoms with Crippen LogP contribution in [0.4, 0.5) is 5.69 Å². The molecule has 3 rings (SSSR count). The van der Waals surface area contributed by atoms with Gasteiger partial charge in [0.2, 0.25) is 11.8 Å². The van der Waals surface area contributed by atoms with Crippen molar-refractivity contribution in [1.29, 1.82) is 0 Å². The van der Waals surface area contributed by atoms with E-state index in [1.165, 1.54) is 4.90 Å². The number of methoxy groups -OCH3 is 1. The van der Waals surface area contributed by atoms with Crippen molar-refractivity contribution in [3.8, 4) is 5.75 Å². The number of hydrogen-bond acceptors (Lipinski definition) is 3. The fraction of sp³-hybridized carbons (Fsp3) is 0.333. The van der Waals surface area contributed by atoms with Crippen LogP contribution in [-0.4, -0.2) is 18.9 Å². The predicted molar refractivity (Wildman–Crippen MR) is 75.6 cm³/mol. The van der Waals surface area contributed by atoms with Crippen molar-refractivity contribution < 1.29 is 14.3 Å². The first kappa shape index (κ1) is 13.2. The zero-order valence-electron chi connectivity index (χ0n) is 11.0. The Balaban J connectivity index is 1.95. The Bertz CT molecular complexity index is 611. The van der Waals surface area contributed by atoms with Gasteiger partial charge in [0.15, 0.2) is 0 Å². The largest absolute Gasteiger partial charge is 0.497 e. The van der Waals surface area contributed by atoms with E-state index < -0.39 is 0 Å². The van der Waals surface area contributed by atoms with Crippen molar-refractivity contribution in [2.24, 2.45) is 11.8 Å². The minimum absolute atomic E-state index is 0.145. The number of carbonyl (C=O) groups excluding carboxylic acids is 2. The van der Waals surface area contributed by atoms with Crippen molar-refractivity contribution in [2.75, 3.05) is 12.0 Å². The molecule has 5 heteroatoms. The number of nitrogens with zero attached hydrogens (tertiary/aromatic N) is 1. The van der Waals surface area contributed by atoms with Gasteiger partial charge in [0.25, 0.3) is 0 Å². The van der Waals surface area contributed by atoms with Crippen LogP contribution < -0.4 is 9.64 Å². The first-order chi connectivity index (χ1) is 9.61. The second kappa shape index (κ2) is 4.94. The maximum absolute atomic E-state index is 12.5. The molecule has 0 radical (unpaired) electrons. The summed E-state index contributed by atoms with van der Waals surface area (Å²) in [5.74, 6) is -0.301. The monoisotopic (exact) mass is 291 g/mol. The highest BCUT2D eigenvalue weighted by Gasteiger charge is 2.48. The molecule has 0 spiro atoms. The van der Waals surface area contributed by atoms with Crippen LogP contribution in [0, 0.1) is 11.8 Å². The molecule has 1 fully saturated rings. The Morgan fingerprint density at radius 3 is 2.75 bits per heavy atom. The smallest absolute Gasteiger partial charge is 0.238 e. The Kier molecular flexibility index (Phi) is 3.26. The fourth-order valence-electron chi connectivity index (χ4n) is 2.83. The molecular formula is C15H14ClNO3. The van der Waals surface area contributed by atoms with E-state index in [9.17, 15) is 9.59 Å². The summed E-state index contributed by atoms with van der Waals surface area (Å²) in [7, 11) is 1.55. The van der Waals surface area contributed by atoms with Crippen molar-refractivity contribution in [3.63, 3.8) is 0 Å². The molecule has 1 aliphatic carbocycles. The van der Waals surface area contributed by atoms with Gasteiger partial charge in [-0.25, -0.2) is 4.90 Å². The molecule has 4 nitrogen and oxygen atoms in total. The van der Waals surface area contributed by atoms with Gasteiger partial charge in [0.05, 0.1) is 24.6 Å². The van der Waals surface area contributed by atoms with Crippen LogP contribution in [-0.2, 0) is 9.59 Å². The van der Waals surface area contributed by atoms with E-state index in [1.807, 2.05) is 6.08 Å². The van der Waals surface area contributed by atoms with E-state index in [4.69, 9.17) is 16.3 Å². The van der Waals surface area contributed by atoms with Crippen LogP contribution >= 0.6 is 11.6 Å². The quantitative estimate of drug-likeness (QED) is 0.787. The topological polar surface area (TPSA) is 46.6 Å². The van der Waals surface area contributed by atoms with Gasteiger partial charge in [-0.15, -0.1) is 0 Å². The molecule has 20 heavy (non-hydrogen) atoms. The molecule has 2 atom stereocenters. The molecule has 0 N–H and O–H groups in total. The van der Waals surface area contributed by atoms with Gasteiger partial charge in [-0.3, -0.25) is 9.59 Å². The zero-order chi connectivity index (χ0) is 14.3. The summed E-state index contributed by atoms with van der Waals surface area (Å²) < 4.78 is 5.14. The first-order valence-electron chi connectivity index (χ1n) is 6.48. The number of carbonyl (C=O) groups is 2. The lowest BCUT2D eigenvalue weighted by molar-refractivity contribution is -0.122. The molecule has 2 amide bonds. The van der Waals surface area contributed by atoms with E-state index in [-0.39, 0.29) is 23.7 Å². The normalized spacial score (nSPS) is 25.5. The minimum atomic E-state index is -0.328. The van der Waals surface area contributed by atoms with Crippen LogP contribution in [0.3, 0.4) is 0 Å². The summed E-state index contributed by atoms with van der Waals surface area (Å²) in [5, 5.41) is 0.667. The van der Waals surface area contributed by atoms with E-state index in [1.54, 1.807) is 31.4 Å². The molecule has 2 aliphatic rings. The minimum Gasteiger partial charge on any atom is -0.497 e. The van der Waals surface area contributed by atoms with Gasteiger partial charge in [-0.05, 0) is 25.0 Å². The molecular weight excluding hydrogens is 278 g/mol. The third-order valence-corrected chi connectivity index (χ3v) is 4.19. The average Bonchev–Trinajstić information content (AvgIpc) is 2.70. The van der Waals surface area contributed by atoms with E-state index in [0.29, 0.717) is 29.3 Å². The Labute approximate surface area is 122 Å². The molecule has 0 aromatic heterocycles. The van der Waals surface area contributed by atoms with E-state index >= 15 is 0 Å². The highest BCUT2D eigenvalue weighted by Crippen LogP contribution is 2.41. The molecule has 0 bridgehead atoms. The number of ether oxygens (including phenoxy) is 1. The van der Waals surface area contributed by atoms with Gasteiger partial charge in [-0.2, -0.15) is 0 Å². The molecule has 1 aliphatic heterocycles. The summed E-state index contributed by atoms with van der Waals surface area (Å²) in [4.78, 5) is 26.2. The highest BCUT2D eigenvalue weighted by molar-refractivity contribution is 6.30. The maximum atomic E-state index is 12.5. The zero-order valence-corrected chi connectivity index (χ0v) is 11.8. The summed E-state index contributed by atoms with van der Waals surface area (Å²) in [5.41, 5.74) is 0.560. The molecule has 1 heterocycles.